The summed E-state index contributed by atoms with van der Waals surface area (Å²) in [4.78, 5) is 11.6. The van der Waals surface area contributed by atoms with Crippen LogP contribution in [0.4, 0.5) is 0 Å². The monoisotopic (exact) mass is 223 g/mol. The Labute approximate surface area is 94.6 Å². The first kappa shape index (κ1) is 11.2. The molecule has 1 aliphatic carbocycles. The van der Waals surface area contributed by atoms with Gasteiger partial charge >= 0.3 is 0 Å². The SMILES string of the molecule is O=C(NCC1(CO)CCCC1)c1ccco1. The normalized spacial score (nSPS) is 18.6. The number of hydrogen-bond donors (Lipinski definition) is 2. The first-order chi connectivity index (χ1) is 7.76. The molecule has 0 aromatic carbocycles. The minimum atomic E-state index is -0.204. The van der Waals surface area contributed by atoms with E-state index in [4.69, 9.17) is 4.42 Å². The fourth-order valence-electron chi connectivity index (χ4n) is 2.28. The van der Waals surface area contributed by atoms with Crippen LogP contribution in [0.1, 0.15) is 36.2 Å². The van der Waals surface area contributed by atoms with Crippen LogP contribution >= 0.6 is 0 Å². The number of rotatable bonds is 4. The minimum absolute atomic E-state index is 0.109. The van der Waals surface area contributed by atoms with Crippen LogP contribution in [0.3, 0.4) is 0 Å². The van der Waals surface area contributed by atoms with Crippen molar-refractivity contribution in [3.05, 3.63) is 24.2 Å². The Hall–Kier alpha value is -1.29. The predicted molar refractivity (Wildman–Crippen MR) is 59.0 cm³/mol. The molecule has 2 N–H and O–H groups in total. The van der Waals surface area contributed by atoms with Gasteiger partial charge < -0.3 is 14.8 Å². The van der Waals surface area contributed by atoms with Crippen LogP contribution in [0.15, 0.2) is 22.8 Å². The van der Waals surface area contributed by atoms with Crippen LogP contribution in [-0.2, 0) is 0 Å². The van der Waals surface area contributed by atoms with Gasteiger partial charge in [-0.1, -0.05) is 12.8 Å². The Balaban J connectivity index is 1.89. The average Bonchev–Trinajstić information content (AvgIpc) is 2.98. The molecule has 0 bridgehead atoms. The number of aliphatic hydroxyl groups excluding tert-OH is 1. The molecule has 16 heavy (non-hydrogen) atoms. The first-order valence-electron chi connectivity index (χ1n) is 5.68. The van der Waals surface area contributed by atoms with Crippen molar-refractivity contribution in [1.29, 1.82) is 0 Å². The van der Waals surface area contributed by atoms with Crippen LogP contribution in [0.5, 0.6) is 0 Å². The lowest BCUT2D eigenvalue weighted by molar-refractivity contribution is 0.0855. The van der Waals surface area contributed by atoms with Gasteiger partial charge in [-0.2, -0.15) is 0 Å². The van der Waals surface area contributed by atoms with E-state index in [-0.39, 0.29) is 17.9 Å². The summed E-state index contributed by atoms with van der Waals surface area (Å²) in [7, 11) is 0. The fraction of sp³-hybridized carbons (Fsp3) is 0.583. The molecule has 1 amide bonds. The highest BCUT2D eigenvalue weighted by molar-refractivity contribution is 5.91. The molecule has 1 heterocycles. The zero-order chi connectivity index (χ0) is 11.4. The number of carbonyl (C=O) groups is 1. The number of aliphatic hydroxyl groups is 1. The Kier molecular flexibility index (Phi) is 3.29. The molecule has 1 fully saturated rings. The minimum Gasteiger partial charge on any atom is -0.459 e. The quantitative estimate of drug-likeness (QED) is 0.814. The van der Waals surface area contributed by atoms with Crippen molar-refractivity contribution in [2.24, 2.45) is 5.41 Å². The van der Waals surface area contributed by atoms with Gasteiger partial charge in [0, 0.05) is 12.0 Å². The summed E-state index contributed by atoms with van der Waals surface area (Å²) in [6.07, 6.45) is 5.73. The van der Waals surface area contributed by atoms with E-state index in [1.54, 1.807) is 12.1 Å². The summed E-state index contributed by atoms with van der Waals surface area (Å²) in [5.74, 6) is 0.121. The molecule has 2 rings (SSSR count). The van der Waals surface area contributed by atoms with E-state index in [0.717, 1.165) is 25.7 Å². The maximum atomic E-state index is 11.6. The van der Waals surface area contributed by atoms with Crippen molar-refractivity contribution >= 4 is 5.91 Å². The molecule has 0 atom stereocenters. The molecular formula is C12H17NO3. The van der Waals surface area contributed by atoms with Crippen molar-refractivity contribution in [2.75, 3.05) is 13.2 Å². The van der Waals surface area contributed by atoms with Crippen LogP contribution in [-0.4, -0.2) is 24.2 Å². The van der Waals surface area contributed by atoms with Gasteiger partial charge in [0.15, 0.2) is 5.76 Å². The van der Waals surface area contributed by atoms with Crippen molar-refractivity contribution in [3.63, 3.8) is 0 Å². The summed E-state index contributed by atoms with van der Waals surface area (Å²) in [5.41, 5.74) is -0.109. The van der Waals surface area contributed by atoms with Crippen LogP contribution in [0, 0.1) is 5.41 Å². The summed E-state index contributed by atoms with van der Waals surface area (Å²) in [6, 6.07) is 3.32. The molecule has 0 radical (unpaired) electrons. The molecule has 4 nitrogen and oxygen atoms in total. The van der Waals surface area contributed by atoms with Crippen molar-refractivity contribution < 1.29 is 14.3 Å². The Morgan fingerprint density at radius 3 is 2.81 bits per heavy atom. The van der Waals surface area contributed by atoms with Gasteiger partial charge in [0.05, 0.1) is 12.9 Å². The van der Waals surface area contributed by atoms with Gasteiger partial charge in [-0.15, -0.1) is 0 Å². The van der Waals surface area contributed by atoms with E-state index >= 15 is 0 Å². The van der Waals surface area contributed by atoms with E-state index < -0.39 is 0 Å². The lowest BCUT2D eigenvalue weighted by Gasteiger charge is -2.26. The lowest BCUT2D eigenvalue weighted by atomic mass is 9.87. The van der Waals surface area contributed by atoms with Crippen LogP contribution in [0.25, 0.3) is 0 Å². The maximum absolute atomic E-state index is 11.6. The lowest BCUT2D eigenvalue weighted by Crippen LogP contribution is -2.38. The third-order valence-corrected chi connectivity index (χ3v) is 3.37. The largest absolute Gasteiger partial charge is 0.459 e. The molecule has 88 valence electrons. The number of amides is 1. The number of nitrogens with one attached hydrogen (secondary N) is 1. The summed E-state index contributed by atoms with van der Waals surface area (Å²) >= 11 is 0. The molecule has 0 saturated heterocycles. The zero-order valence-corrected chi connectivity index (χ0v) is 9.24. The molecular weight excluding hydrogens is 206 g/mol. The molecule has 0 unspecified atom stereocenters. The van der Waals surface area contributed by atoms with Crippen molar-refractivity contribution in [1.82, 2.24) is 5.32 Å². The maximum Gasteiger partial charge on any atom is 0.286 e. The van der Waals surface area contributed by atoms with Gasteiger partial charge in [0.25, 0.3) is 5.91 Å². The van der Waals surface area contributed by atoms with E-state index in [2.05, 4.69) is 5.32 Å². The third kappa shape index (κ3) is 2.27. The molecule has 0 aliphatic heterocycles. The van der Waals surface area contributed by atoms with Gasteiger partial charge in [0.1, 0.15) is 0 Å². The molecule has 1 saturated carbocycles. The van der Waals surface area contributed by atoms with Gasteiger partial charge in [-0.25, -0.2) is 0 Å². The average molecular weight is 223 g/mol. The number of carbonyl (C=O) groups excluding carboxylic acids is 1. The number of furan rings is 1. The van der Waals surface area contributed by atoms with Gasteiger partial charge in [0.2, 0.25) is 0 Å². The summed E-state index contributed by atoms with van der Waals surface area (Å²) in [6.45, 7) is 0.675. The molecule has 4 heteroatoms. The third-order valence-electron chi connectivity index (χ3n) is 3.37. The molecule has 1 aromatic heterocycles. The van der Waals surface area contributed by atoms with E-state index in [9.17, 15) is 9.90 Å². The highest BCUT2D eigenvalue weighted by Crippen LogP contribution is 2.36. The molecule has 0 spiro atoms. The van der Waals surface area contributed by atoms with Gasteiger partial charge in [-0.05, 0) is 25.0 Å². The smallest absolute Gasteiger partial charge is 0.286 e. The second-order valence-electron chi connectivity index (χ2n) is 4.53. The van der Waals surface area contributed by atoms with Crippen LogP contribution in [0.2, 0.25) is 0 Å². The molecule has 1 aliphatic rings. The van der Waals surface area contributed by atoms with Crippen molar-refractivity contribution in [3.8, 4) is 0 Å². The zero-order valence-electron chi connectivity index (χ0n) is 9.24. The first-order valence-corrected chi connectivity index (χ1v) is 5.68. The highest BCUT2D eigenvalue weighted by atomic mass is 16.3. The van der Waals surface area contributed by atoms with Crippen molar-refractivity contribution in [2.45, 2.75) is 25.7 Å². The Morgan fingerprint density at radius 1 is 1.50 bits per heavy atom. The second kappa shape index (κ2) is 4.70. The van der Waals surface area contributed by atoms with Gasteiger partial charge in [-0.3, -0.25) is 4.79 Å². The van der Waals surface area contributed by atoms with E-state index in [1.165, 1.54) is 6.26 Å². The van der Waals surface area contributed by atoms with E-state index in [1.807, 2.05) is 0 Å². The second-order valence-corrected chi connectivity index (χ2v) is 4.53. The van der Waals surface area contributed by atoms with Crippen LogP contribution < -0.4 is 5.32 Å². The number of hydrogen-bond acceptors (Lipinski definition) is 3. The summed E-state index contributed by atoms with van der Waals surface area (Å²) < 4.78 is 5.00. The fourth-order valence-corrected chi connectivity index (χ4v) is 2.28. The van der Waals surface area contributed by atoms with E-state index in [0.29, 0.717) is 12.3 Å². The highest BCUT2D eigenvalue weighted by Gasteiger charge is 2.33. The summed E-state index contributed by atoms with van der Waals surface area (Å²) in [5, 5.41) is 12.2. The Morgan fingerprint density at radius 2 is 2.25 bits per heavy atom. The topological polar surface area (TPSA) is 62.5 Å². The molecule has 1 aromatic rings. The Bertz CT molecular complexity index is 339. The predicted octanol–water partition coefficient (Wildman–Crippen LogP) is 1.56. The standard InChI is InChI=1S/C12H17NO3/c14-9-12(5-1-2-6-12)8-13-11(15)10-4-3-7-16-10/h3-4,7,14H,1-2,5-6,8-9H2,(H,13,15).